The first kappa shape index (κ1) is 12.5. The SMILES string of the molecule is O=C(NCc1ncc[nH]1)c1ccc(F)c(Cl)c1F. The predicted molar refractivity (Wildman–Crippen MR) is 61.1 cm³/mol. The second-order valence-corrected chi connectivity index (χ2v) is 3.82. The molecule has 0 saturated carbocycles. The van der Waals surface area contributed by atoms with Gasteiger partial charge in [-0.15, -0.1) is 0 Å². The van der Waals surface area contributed by atoms with Gasteiger partial charge in [0.15, 0.2) is 5.82 Å². The first-order chi connectivity index (χ1) is 8.59. The van der Waals surface area contributed by atoms with E-state index in [4.69, 9.17) is 11.6 Å². The van der Waals surface area contributed by atoms with Crippen molar-refractivity contribution in [2.45, 2.75) is 6.54 Å². The molecular weight excluding hydrogens is 264 g/mol. The highest BCUT2D eigenvalue weighted by molar-refractivity contribution is 6.31. The van der Waals surface area contributed by atoms with Crippen LogP contribution in [0.1, 0.15) is 16.2 Å². The van der Waals surface area contributed by atoms with E-state index in [-0.39, 0.29) is 12.1 Å². The standard InChI is InChI=1S/C11H8ClF2N3O/c12-9-7(13)2-1-6(10(9)14)11(18)17-5-8-15-3-4-16-8/h1-4H,5H2,(H,15,16)(H,17,18). The Morgan fingerprint density at radius 3 is 2.89 bits per heavy atom. The highest BCUT2D eigenvalue weighted by atomic mass is 35.5. The van der Waals surface area contributed by atoms with Gasteiger partial charge in [0.2, 0.25) is 0 Å². The number of carbonyl (C=O) groups excluding carboxylic acids is 1. The van der Waals surface area contributed by atoms with Crippen molar-refractivity contribution in [1.82, 2.24) is 15.3 Å². The summed E-state index contributed by atoms with van der Waals surface area (Å²) in [6.07, 6.45) is 3.12. The minimum atomic E-state index is -1.08. The Hall–Kier alpha value is -1.95. The molecule has 0 aliphatic heterocycles. The van der Waals surface area contributed by atoms with Crippen LogP contribution in [-0.2, 0) is 6.54 Å². The quantitative estimate of drug-likeness (QED) is 0.842. The average molecular weight is 272 g/mol. The molecule has 0 aliphatic rings. The molecular formula is C11H8ClF2N3O. The molecule has 1 heterocycles. The fourth-order valence-electron chi connectivity index (χ4n) is 1.36. The van der Waals surface area contributed by atoms with E-state index in [0.717, 1.165) is 12.1 Å². The zero-order chi connectivity index (χ0) is 13.1. The lowest BCUT2D eigenvalue weighted by Crippen LogP contribution is -2.24. The normalized spacial score (nSPS) is 10.4. The van der Waals surface area contributed by atoms with Crippen molar-refractivity contribution in [2.24, 2.45) is 0 Å². The number of rotatable bonds is 3. The molecule has 7 heteroatoms. The third kappa shape index (κ3) is 2.48. The molecule has 0 radical (unpaired) electrons. The fourth-order valence-corrected chi connectivity index (χ4v) is 1.52. The molecule has 0 aliphatic carbocycles. The largest absolute Gasteiger partial charge is 0.347 e. The Morgan fingerprint density at radius 1 is 1.44 bits per heavy atom. The topological polar surface area (TPSA) is 57.8 Å². The number of aromatic amines is 1. The Kier molecular flexibility index (Phi) is 3.57. The fraction of sp³-hybridized carbons (Fsp3) is 0.0909. The van der Waals surface area contributed by atoms with Crippen molar-refractivity contribution in [3.8, 4) is 0 Å². The van der Waals surface area contributed by atoms with Gasteiger partial charge in [-0.25, -0.2) is 13.8 Å². The van der Waals surface area contributed by atoms with E-state index in [9.17, 15) is 13.6 Å². The van der Waals surface area contributed by atoms with Gasteiger partial charge in [-0.1, -0.05) is 11.6 Å². The predicted octanol–water partition coefficient (Wildman–Crippen LogP) is 2.27. The molecule has 2 rings (SSSR count). The van der Waals surface area contributed by atoms with Crippen LogP contribution in [0.4, 0.5) is 8.78 Å². The summed E-state index contributed by atoms with van der Waals surface area (Å²) >= 11 is 5.38. The molecule has 0 spiro atoms. The van der Waals surface area contributed by atoms with Gasteiger partial charge in [0.25, 0.3) is 5.91 Å². The zero-order valence-corrected chi connectivity index (χ0v) is 9.76. The molecule has 2 N–H and O–H groups in total. The van der Waals surface area contributed by atoms with E-state index < -0.39 is 22.6 Å². The maximum absolute atomic E-state index is 13.5. The van der Waals surface area contributed by atoms with Gasteiger partial charge in [-0.2, -0.15) is 0 Å². The summed E-state index contributed by atoms with van der Waals surface area (Å²) in [4.78, 5) is 18.3. The molecule has 0 fully saturated rings. The number of aromatic nitrogens is 2. The van der Waals surface area contributed by atoms with E-state index in [2.05, 4.69) is 15.3 Å². The lowest BCUT2D eigenvalue weighted by atomic mass is 10.2. The van der Waals surface area contributed by atoms with Crippen LogP contribution in [0.5, 0.6) is 0 Å². The van der Waals surface area contributed by atoms with Gasteiger partial charge >= 0.3 is 0 Å². The van der Waals surface area contributed by atoms with Gasteiger partial charge in [-0.05, 0) is 12.1 Å². The maximum atomic E-state index is 13.5. The van der Waals surface area contributed by atoms with E-state index >= 15 is 0 Å². The average Bonchev–Trinajstić information content (AvgIpc) is 2.86. The molecule has 0 saturated heterocycles. The van der Waals surface area contributed by atoms with Crippen molar-refractivity contribution < 1.29 is 13.6 Å². The summed E-state index contributed by atoms with van der Waals surface area (Å²) in [5.74, 6) is -2.15. The third-order valence-electron chi connectivity index (χ3n) is 2.25. The molecule has 1 aromatic carbocycles. The van der Waals surface area contributed by atoms with Crippen LogP contribution < -0.4 is 5.32 Å². The number of hydrogen-bond donors (Lipinski definition) is 2. The van der Waals surface area contributed by atoms with Crippen molar-refractivity contribution in [3.63, 3.8) is 0 Å². The summed E-state index contributed by atoms with van der Waals surface area (Å²) in [5.41, 5.74) is -0.312. The minimum absolute atomic E-state index is 0.111. The number of amides is 1. The third-order valence-corrected chi connectivity index (χ3v) is 2.60. The van der Waals surface area contributed by atoms with Crippen LogP contribution in [-0.4, -0.2) is 15.9 Å². The van der Waals surface area contributed by atoms with Gasteiger partial charge in [0.1, 0.15) is 16.7 Å². The van der Waals surface area contributed by atoms with E-state index in [1.54, 1.807) is 6.20 Å². The summed E-state index contributed by atoms with van der Waals surface area (Å²) < 4.78 is 26.4. The Bertz CT molecular complexity index is 572. The molecule has 18 heavy (non-hydrogen) atoms. The number of benzene rings is 1. The highest BCUT2D eigenvalue weighted by Crippen LogP contribution is 2.21. The molecule has 1 amide bonds. The van der Waals surface area contributed by atoms with E-state index in [1.807, 2.05) is 0 Å². The molecule has 94 valence electrons. The number of halogens is 3. The van der Waals surface area contributed by atoms with Crippen LogP contribution in [0, 0.1) is 11.6 Å². The highest BCUT2D eigenvalue weighted by Gasteiger charge is 2.17. The molecule has 0 bridgehead atoms. The van der Waals surface area contributed by atoms with Crippen LogP contribution in [0.15, 0.2) is 24.5 Å². The summed E-state index contributed by atoms with van der Waals surface area (Å²) in [6.45, 7) is 0.111. The van der Waals surface area contributed by atoms with E-state index in [0.29, 0.717) is 5.82 Å². The van der Waals surface area contributed by atoms with Crippen LogP contribution >= 0.6 is 11.6 Å². The summed E-state index contributed by atoms with van der Waals surface area (Å²) in [7, 11) is 0. The number of carbonyl (C=O) groups is 1. The molecule has 0 atom stereocenters. The second-order valence-electron chi connectivity index (χ2n) is 3.44. The number of nitrogens with zero attached hydrogens (tertiary/aromatic N) is 1. The molecule has 0 unspecified atom stereocenters. The summed E-state index contributed by atoms with van der Waals surface area (Å²) in [6, 6.07) is 1.97. The monoisotopic (exact) mass is 271 g/mol. The second kappa shape index (κ2) is 5.14. The number of nitrogens with one attached hydrogen (secondary N) is 2. The van der Waals surface area contributed by atoms with Crippen molar-refractivity contribution in [3.05, 3.63) is 52.6 Å². The van der Waals surface area contributed by atoms with Crippen molar-refractivity contribution in [2.75, 3.05) is 0 Å². The Labute approximate surface area is 106 Å². The zero-order valence-electron chi connectivity index (χ0n) is 9.01. The van der Waals surface area contributed by atoms with E-state index in [1.165, 1.54) is 6.20 Å². The van der Waals surface area contributed by atoms with Crippen molar-refractivity contribution >= 4 is 17.5 Å². The number of imidazole rings is 1. The first-order valence-corrected chi connectivity index (χ1v) is 5.37. The minimum Gasteiger partial charge on any atom is -0.347 e. The van der Waals surface area contributed by atoms with Gasteiger partial charge < -0.3 is 10.3 Å². The Morgan fingerprint density at radius 2 is 2.22 bits per heavy atom. The lowest BCUT2D eigenvalue weighted by Gasteiger charge is -2.06. The first-order valence-electron chi connectivity index (χ1n) is 4.99. The molecule has 1 aromatic heterocycles. The molecule has 4 nitrogen and oxygen atoms in total. The Balaban J connectivity index is 2.12. The van der Waals surface area contributed by atoms with Gasteiger partial charge in [0, 0.05) is 12.4 Å². The smallest absolute Gasteiger partial charge is 0.254 e. The van der Waals surface area contributed by atoms with Crippen LogP contribution in [0.2, 0.25) is 5.02 Å². The van der Waals surface area contributed by atoms with Gasteiger partial charge in [-0.3, -0.25) is 4.79 Å². The number of hydrogen-bond acceptors (Lipinski definition) is 2. The molecule has 2 aromatic rings. The van der Waals surface area contributed by atoms with Crippen LogP contribution in [0.3, 0.4) is 0 Å². The number of H-pyrrole nitrogens is 1. The lowest BCUT2D eigenvalue weighted by molar-refractivity contribution is 0.0946. The summed E-state index contributed by atoms with van der Waals surface area (Å²) in [5, 5.41) is 1.74. The van der Waals surface area contributed by atoms with Crippen molar-refractivity contribution in [1.29, 1.82) is 0 Å². The van der Waals surface area contributed by atoms with Gasteiger partial charge in [0.05, 0.1) is 12.1 Å². The van der Waals surface area contributed by atoms with Crippen LogP contribution in [0.25, 0.3) is 0 Å². The maximum Gasteiger partial charge on any atom is 0.254 e.